The highest BCUT2D eigenvalue weighted by atomic mass is 35.5. The number of amides is 3. The fourth-order valence-corrected chi connectivity index (χ4v) is 5.54. The van der Waals surface area contributed by atoms with Gasteiger partial charge < -0.3 is 34.6 Å². The molecule has 0 atom stereocenters. The molecule has 1 fully saturated rings. The molecule has 0 saturated carbocycles. The van der Waals surface area contributed by atoms with Gasteiger partial charge in [0.25, 0.3) is 11.8 Å². The number of likely N-dealkylation sites (N-methyl/N-ethyl adjacent to an activating group) is 1. The molecule has 14 heteroatoms. The molecule has 13 nitrogen and oxygen atoms in total. The van der Waals surface area contributed by atoms with E-state index in [9.17, 15) is 14.4 Å². The normalized spacial score (nSPS) is 13.4. The van der Waals surface area contributed by atoms with E-state index in [0.717, 1.165) is 37.4 Å². The summed E-state index contributed by atoms with van der Waals surface area (Å²) in [5.41, 5.74) is 2.18. The number of halogens is 1. The molecule has 1 aromatic heterocycles. The van der Waals surface area contributed by atoms with Crippen molar-refractivity contribution < 1.29 is 28.6 Å². The van der Waals surface area contributed by atoms with Crippen molar-refractivity contribution in [2.24, 2.45) is 0 Å². The molecule has 50 heavy (non-hydrogen) atoms. The number of rotatable bonds is 10. The first-order valence-corrected chi connectivity index (χ1v) is 16.4. The zero-order chi connectivity index (χ0) is 36.0. The Labute approximate surface area is 296 Å². The molecule has 0 unspecified atom stereocenters. The lowest BCUT2D eigenvalue weighted by molar-refractivity contribution is 0.0635. The van der Waals surface area contributed by atoms with Crippen molar-refractivity contribution in [3.8, 4) is 11.5 Å². The van der Waals surface area contributed by atoms with Gasteiger partial charge >= 0.3 is 6.09 Å². The topological polar surface area (TPSA) is 139 Å². The molecular formula is C36H42ClN7O6. The van der Waals surface area contributed by atoms with Crippen molar-refractivity contribution in [3.05, 3.63) is 88.6 Å². The highest BCUT2D eigenvalue weighted by Crippen LogP contribution is 2.30. The van der Waals surface area contributed by atoms with Gasteiger partial charge in [-0.3, -0.25) is 19.6 Å². The number of benzene rings is 3. The molecule has 0 radical (unpaired) electrons. The summed E-state index contributed by atoms with van der Waals surface area (Å²) in [6, 6.07) is 19.0. The third kappa shape index (κ3) is 9.24. The molecule has 0 aliphatic carbocycles. The van der Waals surface area contributed by atoms with E-state index >= 15 is 0 Å². The van der Waals surface area contributed by atoms with E-state index in [1.807, 2.05) is 36.4 Å². The lowest BCUT2D eigenvalue weighted by Crippen LogP contribution is -2.44. The summed E-state index contributed by atoms with van der Waals surface area (Å²) >= 11 is 6.25. The highest BCUT2D eigenvalue weighted by molar-refractivity contribution is 6.32. The minimum absolute atomic E-state index is 0.151. The first-order chi connectivity index (χ1) is 23.8. The number of anilines is 4. The first-order valence-electron chi connectivity index (χ1n) is 16.1. The van der Waals surface area contributed by atoms with E-state index in [0.29, 0.717) is 22.9 Å². The van der Waals surface area contributed by atoms with Crippen molar-refractivity contribution in [3.63, 3.8) is 0 Å². The van der Waals surface area contributed by atoms with Crippen LogP contribution in [-0.2, 0) is 11.3 Å². The Morgan fingerprint density at radius 3 is 2.18 bits per heavy atom. The molecule has 5 rings (SSSR count). The summed E-state index contributed by atoms with van der Waals surface area (Å²) < 4.78 is 17.5. The number of piperazine rings is 1. The standard InChI is InChI=1S/C36H42ClN7O6/c1-36(2,3)50-35(47)39-29-20-25(43-17-15-42(4)16-18-43)10-13-28(29)38-34(46)30-21-32(40-33(45)24-9-14-31(49-6)27(37)19-24)41-44(30)22-23-7-11-26(48-5)12-8-23/h7-14,19-21H,15-18,22H2,1-6H3,(H,38,46)(H,39,47)(H,40,41,45). The van der Waals surface area contributed by atoms with Crippen LogP contribution in [0.4, 0.5) is 27.7 Å². The Morgan fingerprint density at radius 1 is 0.820 bits per heavy atom. The predicted octanol–water partition coefficient (Wildman–Crippen LogP) is 6.21. The molecule has 1 aliphatic rings. The summed E-state index contributed by atoms with van der Waals surface area (Å²) in [7, 11) is 5.15. The molecule has 3 amide bonds. The Morgan fingerprint density at radius 2 is 1.54 bits per heavy atom. The predicted molar refractivity (Wildman–Crippen MR) is 194 cm³/mol. The van der Waals surface area contributed by atoms with Gasteiger partial charge in [-0.15, -0.1) is 0 Å². The fraction of sp³-hybridized carbons (Fsp3) is 0.333. The molecule has 0 spiro atoms. The van der Waals surface area contributed by atoms with Crippen LogP contribution in [0.1, 0.15) is 47.2 Å². The van der Waals surface area contributed by atoms with Crippen molar-refractivity contribution in [1.82, 2.24) is 14.7 Å². The van der Waals surface area contributed by atoms with Crippen molar-refractivity contribution in [2.75, 3.05) is 68.3 Å². The van der Waals surface area contributed by atoms with Crippen molar-refractivity contribution >= 4 is 52.4 Å². The van der Waals surface area contributed by atoms with Crippen LogP contribution in [-0.4, -0.2) is 85.6 Å². The molecule has 0 bridgehead atoms. The van der Waals surface area contributed by atoms with Crippen LogP contribution in [0, 0.1) is 0 Å². The molecule has 3 aromatic carbocycles. The highest BCUT2D eigenvalue weighted by Gasteiger charge is 2.23. The van der Waals surface area contributed by atoms with Crippen LogP contribution in [0.3, 0.4) is 0 Å². The van der Waals surface area contributed by atoms with Gasteiger partial charge in [0.2, 0.25) is 0 Å². The number of carbonyl (C=O) groups excluding carboxylic acids is 3. The maximum Gasteiger partial charge on any atom is 0.412 e. The van der Waals surface area contributed by atoms with Gasteiger partial charge in [0.1, 0.15) is 22.8 Å². The third-order valence-electron chi connectivity index (χ3n) is 7.91. The van der Waals surface area contributed by atoms with Gasteiger partial charge in [0.05, 0.1) is 37.2 Å². The molecule has 1 saturated heterocycles. The number of nitrogens with one attached hydrogen (secondary N) is 3. The maximum atomic E-state index is 14.0. The first kappa shape index (κ1) is 36.0. The zero-order valence-corrected chi connectivity index (χ0v) is 29.8. The van der Waals surface area contributed by atoms with Gasteiger partial charge in [-0.1, -0.05) is 23.7 Å². The average molecular weight is 704 g/mol. The molecule has 3 N–H and O–H groups in total. The van der Waals surface area contributed by atoms with Crippen LogP contribution < -0.4 is 30.3 Å². The number of nitrogens with zero attached hydrogens (tertiary/aromatic N) is 4. The van der Waals surface area contributed by atoms with Gasteiger partial charge in [-0.2, -0.15) is 5.10 Å². The Kier molecular flexibility index (Phi) is 11.2. The van der Waals surface area contributed by atoms with Crippen LogP contribution >= 0.6 is 11.6 Å². The van der Waals surface area contributed by atoms with Crippen LogP contribution in [0.25, 0.3) is 0 Å². The van der Waals surface area contributed by atoms with Crippen LogP contribution in [0.2, 0.25) is 5.02 Å². The second-order valence-electron chi connectivity index (χ2n) is 12.8. The van der Waals surface area contributed by atoms with E-state index in [4.69, 9.17) is 25.8 Å². The van der Waals surface area contributed by atoms with Crippen molar-refractivity contribution in [1.29, 1.82) is 0 Å². The molecule has 264 valence electrons. The van der Waals surface area contributed by atoms with Crippen LogP contribution in [0.5, 0.6) is 11.5 Å². The third-order valence-corrected chi connectivity index (χ3v) is 8.21. The van der Waals surface area contributed by atoms with Gasteiger partial charge in [0, 0.05) is 43.5 Å². The monoisotopic (exact) mass is 703 g/mol. The summed E-state index contributed by atoms with van der Waals surface area (Å²) in [5.74, 6) is 0.280. The lowest BCUT2D eigenvalue weighted by Gasteiger charge is -2.34. The molecule has 2 heterocycles. The molecule has 1 aliphatic heterocycles. The Balaban J connectivity index is 1.45. The fourth-order valence-electron chi connectivity index (χ4n) is 5.29. The average Bonchev–Trinajstić information content (AvgIpc) is 3.47. The van der Waals surface area contributed by atoms with E-state index < -0.39 is 23.5 Å². The van der Waals surface area contributed by atoms with Gasteiger partial charge in [-0.05, 0) is 81.9 Å². The van der Waals surface area contributed by atoms with Crippen LogP contribution in [0.15, 0.2) is 66.7 Å². The number of ether oxygens (including phenoxy) is 3. The van der Waals surface area contributed by atoms with Gasteiger partial charge in [-0.25, -0.2) is 4.79 Å². The summed E-state index contributed by atoms with van der Waals surface area (Å²) in [6.07, 6.45) is -0.656. The van der Waals surface area contributed by atoms with E-state index in [2.05, 4.69) is 37.9 Å². The van der Waals surface area contributed by atoms with E-state index in [1.165, 1.54) is 23.9 Å². The zero-order valence-electron chi connectivity index (χ0n) is 29.0. The van der Waals surface area contributed by atoms with E-state index in [-0.39, 0.29) is 28.6 Å². The smallest absolute Gasteiger partial charge is 0.412 e. The summed E-state index contributed by atoms with van der Waals surface area (Å²) in [6.45, 7) is 8.97. The largest absolute Gasteiger partial charge is 0.497 e. The number of hydrogen-bond acceptors (Lipinski definition) is 9. The SMILES string of the molecule is COc1ccc(Cn2nc(NC(=O)c3ccc(OC)c(Cl)c3)cc2C(=O)Nc2ccc(N3CCN(C)CC3)cc2NC(=O)OC(C)(C)C)cc1. The summed E-state index contributed by atoms with van der Waals surface area (Å²) in [5, 5.41) is 13.3. The van der Waals surface area contributed by atoms with Crippen molar-refractivity contribution in [2.45, 2.75) is 32.9 Å². The minimum Gasteiger partial charge on any atom is -0.497 e. The lowest BCUT2D eigenvalue weighted by atomic mass is 10.2. The second-order valence-corrected chi connectivity index (χ2v) is 13.2. The quantitative estimate of drug-likeness (QED) is 0.176. The second kappa shape index (κ2) is 15.5. The molecular weight excluding hydrogens is 662 g/mol. The summed E-state index contributed by atoms with van der Waals surface area (Å²) in [4.78, 5) is 44.6. The Bertz CT molecular complexity index is 1850. The number of aromatic nitrogens is 2. The maximum absolute atomic E-state index is 14.0. The molecule has 4 aromatic rings. The number of hydrogen-bond donors (Lipinski definition) is 3. The van der Waals surface area contributed by atoms with Gasteiger partial charge in [0.15, 0.2) is 5.82 Å². The number of carbonyl (C=O) groups is 3. The Hall–Kier alpha value is -5.27. The minimum atomic E-state index is -0.728. The van der Waals surface area contributed by atoms with E-state index in [1.54, 1.807) is 46.1 Å². The number of methoxy groups -OCH3 is 2.